The largest absolute Gasteiger partial charge is 0.345 e. The van der Waals surface area contributed by atoms with Crippen LogP contribution in [0.25, 0.3) is 0 Å². The molecule has 0 radical (unpaired) electrons. The van der Waals surface area contributed by atoms with E-state index >= 15 is 0 Å². The minimum absolute atomic E-state index is 0.130. The molecule has 0 aliphatic rings. The molecule has 0 saturated carbocycles. The van der Waals surface area contributed by atoms with Gasteiger partial charge in [0.15, 0.2) is 0 Å². The maximum absolute atomic E-state index is 13.6. The van der Waals surface area contributed by atoms with Gasteiger partial charge in [0.05, 0.1) is 11.0 Å². The second-order valence-corrected chi connectivity index (χ2v) is 4.66. The van der Waals surface area contributed by atoms with Crippen LogP contribution in [-0.2, 0) is 0 Å². The average Bonchev–Trinajstić information content (AvgIpc) is 2.47. The van der Waals surface area contributed by atoms with Gasteiger partial charge in [-0.05, 0) is 25.1 Å². The quantitative estimate of drug-likeness (QED) is 0.695. The molecule has 0 spiro atoms. The third-order valence-electron chi connectivity index (χ3n) is 3.12. The van der Waals surface area contributed by atoms with Gasteiger partial charge >= 0.3 is 0 Å². The summed E-state index contributed by atoms with van der Waals surface area (Å²) < 4.78 is 26.5. The summed E-state index contributed by atoms with van der Waals surface area (Å²) in [7, 11) is 0. The van der Waals surface area contributed by atoms with E-state index in [0.717, 1.165) is 12.1 Å². The van der Waals surface area contributed by atoms with Gasteiger partial charge in [0.1, 0.15) is 11.6 Å². The van der Waals surface area contributed by atoms with Crippen LogP contribution < -0.4 is 5.32 Å². The van der Waals surface area contributed by atoms with Gasteiger partial charge in [0.25, 0.3) is 11.6 Å². The van der Waals surface area contributed by atoms with Crippen LogP contribution in [0.5, 0.6) is 0 Å². The van der Waals surface area contributed by atoms with Gasteiger partial charge in [-0.3, -0.25) is 14.9 Å². The Morgan fingerprint density at radius 2 is 1.82 bits per heavy atom. The highest BCUT2D eigenvalue weighted by molar-refractivity contribution is 5.94. The highest BCUT2D eigenvalue weighted by Gasteiger charge is 2.16. The van der Waals surface area contributed by atoms with Crippen LogP contribution in [0, 0.1) is 21.7 Å². The van der Waals surface area contributed by atoms with Gasteiger partial charge in [-0.2, -0.15) is 0 Å². The van der Waals surface area contributed by atoms with E-state index in [0.29, 0.717) is 0 Å². The minimum Gasteiger partial charge on any atom is -0.345 e. The number of carbonyl (C=O) groups excluding carboxylic acids is 1. The lowest BCUT2D eigenvalue weighted by Gasteiger charge is -2.15. The maximum atomic E-state index is 13.6. The molecule has 1 amide bonds. The van der Waals surface area contributed by atoms with E-state index in [4.69, 9.17) is 0 Å². The Kier molecular flexibility index (Phi) is 4.45. The van der Waals surface area contributed by atoms with Crippen molar-refractivity contribution in [3.05, 3.63) is 75.3 Å². The van der Waals surface area contributed by atoms with E-state index in [1.165, 1.54) is 30.3 Å². The van der Waals surface area contributed by atoms with Crippen LogP contribution in [0.3, 0.4) is 0 Å². The Balaban J connectivity index is 2.12. The van der Waals surface area contributed by atoms with Crippen molar-refractivity contribution in [1.29, 1.82) is 0 Å². The summed E-state index contributed by atoms with van der Waals surface area (Å²) in [6.45, 7) is 1.56. The number of nitrogens with zero attached hydrogens (tertiary/aromatic N) is 1. The number of non-ortho nitro benzene ring substituents is 1. The van der Waals surface area contributed by atoms with Gasteiger partial charge in [-0.15, -0.1) is 0 Å². The monoisotopic (exact) mass is 306 g/mol. The van der Waals surface area contributed by atoms with Crippen molar-refractivity contribution in [3.8, 4) is 0 Å². The molecule has 114 valence electrons. The number of benzene rings is 2. The average molecular weight is 306 g/mol. The van der Waals surface area contributed by atoms with Crippen molar-refractivity contribution in [3.63, 3.8) is 0 Å². The van der Waals surface area contributed by atoms with E-state index in [9.17, 15) is 23.7 Å². The zero-order chi connectivity index (χ0) is 16.3. The first kappa shape index (κ1) is 15.6. The summed E-state index contributed by atoms with van der Waals surface area (Å²) in [5.41, 5.74) is 0.228. The molecule has 0 bridgehead atoms. The Bertz CT molecular complexity index is 717. The van der Waals surface area contributed by atoms with E-state index in [-0.39, 0.29) is 16.8 Å². The van der Waals surface area contributed by atoms with Gasteiger partial charge < -0.3 is 5.32 Å². The van der Waals surface area contributed by atoms with Gasteiger partial charge in [-0.1, -0.05) is 6.07 Å². The fraction of sp³-hybridized carbons (Fsp3) is 0.133. The lowest BCUT2D eigenvalue weighted by atomic mass is 10.1. The van der Waals surface area contributed by atoms with Crippen molar-refractivity contribution < 1.29 is 18.5 Å². The number of hydrogen-bond donors (Lipinski definition) is 1. The number of nitro benzene ring substituents is 1. The van der Waals surface area contributed by atoms with E-state index < -0.39 is 28.5 Å². The third kappa shape index (κ3) is 3.43. The first-order valence-corrected chi connectivity index (χ1v) is 6.38. The number of nitrogens with one attached hydrogen (secondary N) is 1. The zero-order valence-corrected chi connectivity index (χ0v) is 11.5. The number of rotatable bonds is 4. The van der Waals surface area contributed by atoms with E-state index in [2.05, 4.69) is 5.32 Å². The standard InChI is InChI=1S/C15H12F2N2O3/c1-9(13-7-4-11(16)8-14(13)17)18-15(20)10-2-5-12(6-3-10)19(21)22/h2-9H,1H3,(H,18,20)/t9-/m0/s1. The molecule has 2 rings (SSSR count). The molecule has 2 aromatic rings. The topological polar surface area (TPSA) is 72.2 Å². The van der Waals surface area contributed by atoms with E-state index in [1.807, 2.05) is 0 Å². The van der Waals surface area contributed by atoms with Crippen LogP contribution in [-0.4, -0.2) is 10.8 Å². The normalized spacial score (nSPS) is 11.8. The molecule has 0 saturated heterocycles. The van der Waals surface area contributed by atoms with Gasteiger partial charge in [0, 0.05) is 29.3 Å². The molecule has 0 aliphatic heterocycles. The lowest BCUT2D eigenvalue weighted by molar-refractivity contribution is -0.384. The second kappa shape index (κ2) is 6.30. The number of carbonyl (C=O) groups is 1. The predicted molar refractivity (Wildman–Crippen MR) is 75.3 cm³/mol. The summed E-state index contributed by atoms with van der Waals surface area (Å²) in [4.78, 5) is 22.0. The first-order chi connectivity index (χ1) is 10.4. The highest BCUT2D eigenvalue weighted by Crippen LogP contribution is 2.19. The number of nitro groups is 1. The second-order valence-electron chi connectivity index (χ2n) is 4.66. The Morgan fingerprint density at radius 1 is 1.18 bits per heavy atom. The van der Waals surface area contributed by atoms with Crippen LogP contribution in [0.2, 0.25) is 0 Å². The molecule has 0 fully saturated rings. The molecule has 0 unspecified atom stereocenters. The molecule has 0 aromatic heterocycles. The maximum Gasteiger partial charge on any atom is 0.269 e. The van der Waals surface area contributed by atoms with Gasteiger partial charge in [-0.25, -0.2) is 8.78 Å². The molecule has 0 heterocycles. The van der Waals surface area contributed by atoms with Crippen LogP contribution in [0.1, 0.15) is 28.9 Å². The Labute approximate surface area is 124 Å². The minimum atomic E-state index is -0.753. The molecule has 7 heteroatoms. The Morgan fingerprint density at radius 3 is 2.36 bits per heavy atom. The molecular formula is C15H12F2N2O3. The van der Waals surface area contributed by atoms with Crippen LogP contribution in [0.4, 0.5) is 14.5 Å². The van der Waals surface area contributed by atoms with Crippen molar-refractivity contribution >= 4 is 11.6 Å². The molecular weight excluding hydrogens is 294 g/mol. The predicted octanol–water partition coefficient (Wildman–Crippen LogP) is 3.36. The lowest BCUT2D eigenvalue weighted by Crippen LogP contribution is -2.27. The van der Waals surface area contributed by atoms with Crippen LogP contribution >= 0.6 is 0 Å². The number of halogens is 2. The van der Waals surface area contributed by atoms with Crippen LogP contribution in [0.15, 0.2) is 42.5 Å². The van der Waals surface area contributed by atoms with E-state index in [1.54, 1.807) is 6.92 Å². The number of amides is 1. The summed E-state index contributed by atoms with van der Waals surface area (Å²) in [5, 5.41) is 13.1. The first-order valence-electron chi connectivity index (χ1n) is 6.38. The van der Waals surface area contributed by atoms with Crippen molar-refractivity contribution in [1.82, 2.24) is 5.32 Å². The molecule has 0 aliphatic carbocycles. The van der Waals surface area contributed by atoms with Crippen molar-refractivity contribution in [2.75, 3.05) is 0 Å². The molecule has 1 N–H and O–H groups in total. The summed E-state index contributed by atoms with van der Waals surface area (Å²) in [6.07, 6.45) is 0. The van der Waals surface area contributed by atoms with Crippen molar-refractivity contribution in [2.45, 2.75) is 13.0 Å². The SMILES string of the molecule is C[C@H](NC(=O)c1ccc([N+](=O)[O-])cc1)c1ccc(F)cc1F. The Hall–Kier alpha value is -2.83. The summed E-state index contributed by atoms with van der Waals surface area (Å²) in [6, 6.07) is 7.45. The third-order valence-corrected chi connectivity index (χ3v) is 3.12. The molecule has 22 heavy (non-hydrogen) atoms. The zero-order valence-electron chi connectivity index (χ0n) is 11.5. The number of hydrogen-bond acceptors (Lipinski definition) is 3. The smallest absolute Gasteiger partial charge is 0.269 e. The summed E-state index contributed by atoms with van der Waals surface area (Å²) >= 11 is 0. The molecule has 2 aromatic carbocycles. The fourth-order valence-electron chi connectivity index (χ4n) is 1.94. The molecule has 5 nitrogen and oxygen atoms in total. The fourth-order valence-corrected chi connectivity index (χ4v) is 1.94. The molecule has 1 atom stereocenters. The summed E-state index contributed by atoms with van der Waals surface area (Å²) in [5.74, 6) is -1.96. The highest BCUT2D eigenvalue weighted by atomic mass is 19.1. The van der Waals surface area contributed by atoms with Gasteiger partial charge in [0.2, 0.25) is 0 Å². The van der Waals surface area contributed by atoms with Crippen molar-refractivity contribution in [2.24, 2.45) is 0 Å².